The molecule has 1 aliphatic rings. The summed E-state index contributed by atoms with van der Waals surface area (Å²) >= 11 is 0. The highest BCUT2D eigenvalue weighted by molar-refractivity contribution is 6.21. The van der Waals surface area contributed by atoms with Gasteiger partial charge in [0.15, 0.2) is 6.10 Å². The molecule has 0 saturated heterocycles. The van der Waals surface area contributed by atoms with Gasteiger partial charge >= 0.3 is 5.97 Å². The maximum absolute atomic E-state index is 12.3. The summed E-state index contributed by atoms with van der Waals surface area (Å²) in [6, 6.07) is 13.8. The molecular weight excluding hydrogens is 360 g/mol. The van der Waals surface area contributed by atoms with Gasteiger partial charge < -0.3 is 10.1 Å². The third kappa shape index (κ3) is 3.93. The molecule has 0 unspecified atom stereocenters. The van der Waals surface area contributed by atoms with Gasteiger partial charge in [-0.25, -0.2) is 4.79 Å². The number of imide groups is 1. The smallest absolute Gasteiger partial charge is 0.338 e. The van der Waals surface area contributed by atoms with E-state index in [0.717, 1.165) is 10.5 Å². The molecule has 0 aromatic heterocycles. The lowest BCUT2D eigenvalue weighted by molar-refractivity contribution is -0.129. The molecule has 1 heterocycles. The van der Waals surface area contributed by atoms with E-state index in [1.165, 1.54) is 32.2 Å². The Hall–Kier alpha value is -3.48. The first-order valence-corrected chi connectivity index (χ1v) is 8.87. The second-order valence-corrected chi connectivity index (χ2v) is 6.50. The second-order valence-electron chi connectivity index (χ2n) is 6.50. The minimum absolute atomic E-state index is 0.110. The van der Waals surface area contributed by atoms with Crippen LogP contribution in [0.25, 0.3) is 0 Å². The van der Waals surface area contributed by atoms with Crippen LogP contribution < -0.4 is 5.32 Å². The normalized spacial score (nSPS) is 13.9. The zero-order chi connectivity index (χ0) is 20.3. The molecule has 0 bridgehead atoms. The Labute approximate surface area is 162 Å². The Kier molecular flexibility index (Phi) is 5.54. The van der Waals surface area contributed by atoms with Crippen LogP contribution in [0.15, 0.2) is 48.5 Å². The van der Waals surface area contributed by atoms with Crippen LogP contribution in [0.2, 0.25) is 0 Å². The molecule has 7 heteroatoms. The van der Waals surface area contributed by atoms with Crippen molar-refractivity contribution < 1.29 is 23.9 Å². The van der Waals surface area contributed by atoms with E-state index in [9.17, 15) is 19.2 Å². The standard InChI is InChI=1S/C21H20N2O5/c1-13(18(24)22-11-10-14-6-4-3-5-7-14)28-21(27)15-8-9-16-17(12-15)20(26)23(2)19(16)25/h3-9,12-13H,10-11H2,1-2H3,(H,22,24)/t13-/m0/s1. The van der Waals surface area contributed by atoms with Crippen LogP contribution in [0.4, 0.5) is 0 Å². The third-order valence-electron chi connectivity index (χ3n) is 4.53. The Morgan fingerprint density at radius 2 is 1.71 bits per heavy atom. The second kappa shape index (κ2) is 8.04. The number of fused-ring (bicyclic) bond motifs is 1. The zero-order valence-corrected chi connectivity index (χ0v) is 15.6. The zero-order valence-electron chi connectivity index (χ0n) is 15.6. The Morgan fingerprint density at radius 1 is 1.04 bits per heavy atom. The van der Waals surface area contributed by atoms with Gasteiger partial charge in [0.25, 0.3) is 17.7 Å². The average Bonchev–Trinajstić information content (AvgIpc) is 2.92. The van der Waals surface area contributed by atoms with Crippen LogP contribution in [0.1, 0.15) is 43.6 Å². The number of amides is 3. The summed E-state index contributed by atoms with van der Waals surface area (Å²) in [5, 5.41) is 2.73. The molecular formula is C21H20N2O5. The molecule has 144 valence electrons. The number of esters is 1. The van der Waals surface area contributed by atoms with Gasteiger partial charge in [0.1, 0.15) is 0 Å². The molecule has 0 fully saturated rings. The number of nitrogens with one attached hydrogen (secondary N) is 1. The SMILES string of the molecule is C[C@H](OC(=O)c1ccc2c(c1)C(=O)N(C)C2=O)C(=O)NCCc1ccccc1. The van der Waals surface area contributed by atoms with Gasteiger partial charge in [0, 0.05) is 13.6 Å². The maximum Gasteiger partial charge on any atom is 0.338 e. The fourth-order valence-electron chi connectivity index (χ4n) is 2.89. The third-order valence-corrected chi connectivity index (χ3v) is 4.53. The topological polar surface area (TPSA) is 92.8 Å². The van der Waals surface area contributed by atoms with Gasteiger partial charge in [0.2, 0.25) is 0 Å². The summed E-state index contributed by atoms with van der Waals surface area (Å²) in [6.45, 7) is 1.90. The van der Waals surface area contributed by atoms with E-state index in [4.69, 9.17) is 4.74 Å². The highest BCUT2D eigenvalue weighted by Crippen LogP contribution is 2.23. The fraction of sp³-hybridized carbons (Fsp3) is 0.238. The summed E-state index contributed by atoms with van der Waals surface area (Å²) in [4.78, 5) is 49.4. The monoisotopic (exact) mass is 380 g/mol. The number of hydrogen-bond acceptors (Lipinski definition) is 5. The van der Waals surface area contributed by atoms with Crippen LogP contribution in [-0.4, -0.2) is 48.3 Å². The lowest BCUT2D eigenvalue weighted by Crippen LogP contribution is -2.36. The maximum atomic E-state index is 12.3. The molecule has 7 nitrogen and oxygen atoms in total. The summed E-state index contributed by atoms with van der Waals surface area (Å²) in [6.07, 6.45) is -0.321. The molecule has 1 N–H and O–H groups in total. The first kappa shape index (κ1) is 19.3. The predicted molar refractivity (Wildman–Crippen MR) is 101 cm³/mol. The molecule has 0 aliphatic carbocycles. The molecule has 2 aromatic carbocycles. The van der Waals surface area contributed by atoms with Crippen LogP contribution in [0, 0.1) is 0 Å². The molecule has 0 radical (unpaired) electrons. The van der Waals surface area contributed by atoms with E-state index in [2.05, 4.69) is 5.32 Å². The highest BCUT2D eigenvalue weighted by atomic mass is 16.5. The van der Waals surface area contributed by atoms with Crippen molar-refractivity contribution in [2.45, 2.75) is 19.4 Å². The van der Waals surface area contributed by atoms with Crippen molar-refractivity contribution in [2.24, 2.45) is 0 Å². The Bertz CT molecular complexity index is 939. The summed E-state index contributed by atoms with van der Waals surface area (Å²) in [5.74, 6) is -2.02. The van der Waals surface area contributed by atoms with E-state index < -0.39 is 29.8 Å². The average molecular weight is 380 g/mol. The van der Waals surface area contributed by atoms with Crippen molar-refractivity contribution >= 4 is 23.7 Å². The number of ether oxygens (including phenoxy) is 1. The molecule has 28 heavy (non-hydrogen) atoms. The number of benzene rings is 2. The molecule has 3 amide bonds. The largest absolute Gasteiger partial charge is 0.449 e. The van der Waals surface area contributed by atoms with Gasteiger partial charge in [-0.15, -0.1) is 0 Å². The molecule has 1 atom stereocenters. The minimum atomic E-state index is -0.989. The van der Waals surface area contributed by atoms with Crippen molar-refractivity contribution in [1.29, 1.82) is 0 Å². The summed E-state index contributed by atoms with van der Waals surface area (Å²) < 4.78 is 5.19. The lowest BCUT2D eigenvalue weighted by atomic mass is 10.1. The van der Waals surface area contributed by atoms with Crippen molar-refractivity contribution in [2.75, 3.05) is 13.6 Å². The Morgan fingerprint density at radius 3 is 2.43 bits per heavy atom. The molecule has 2 aromatic rings. The molecule has 3 rings (SSSR count). The van der Waals surface area contributed by atoms with Gasteiger partial charge in [-0.05, 0) is 37.1 Å². The first-order chi connectivity index (χ1) is 13.4. The number of rotatable bonds is 6. The van der Waals surface area contributed by atoms with Gasteiger partial charge in [-0.2, -0.15) is 0 Å². The van der Waals surface area contributed by atoms with Crippen LogP contribution in [-0.2, 0) is 16.0 Å². The van der Waals surface area contributed by atoms with Gasteiger partial charge in [0.05, 0.1) is 16.7 Å². The van der Waals surface area contributed by atoms with E-state index in [-0.39, 0.29) is 16.7 Å². The quantitative estimate of drug-likeness (QED) is 0.610. The van der Waals surface area contributed by atoms with E-state index in [0.29, 0.717) is 13.0 Å². The highest BCUT2D eigenvalue weighted by Gasteiger charge is 2.33. The minimum Gasteiger partial charge on any atom is -0.449 e. The van der Waals surface area contributed by atoms with E-state index >= 15 is 0 Å². The van der Waals surface area contributed by atoms with Crippen LogP contribution in [0.5, 0.6) is 0 Å². The van der Waals surface area contributed by atoms with Crippen LogP contribution >= 0.6 is 0 Å². The summed E-state index contributed by atoms with van der Waals surface area (Å²) in [5.41, 5.74) is 1.60. The number of carbonyl (C=O) groups is 4. The Balaban J connectivity index is 1.56. The molecule has 1 aliphatic heterocycles. The first-order valence-electron chi connectivity index (χ1n) is 8.87. The van der Waals surface area contributed by atoms with E-state index in [1.807, 2.05) is 30.3 Å². The van der Waals surface area contributed by atoms with E-state index in [1.54, 1.807) is 0 Å². The van der Waals surface area contributed by atoms with Crippen molar-refractivity contribution in [3.05, 3.63) is 70.8 Å². The van der Waals surface area contributed by atoms with Crippen molar-refractivity contribution in [3.8, 4) is 0 Å². The fourth-order valence-corrected chi connectivity index (χ4v) is 2.89. The van der Waals surface area contributed by atoms with Gasteiger partial charge in [-0.3, -0.25) is 19.3 Å². The van der Waals surface area contributed by atoms with Crippen molar-refractivity contribution in [1.82, 2.24) is 10.2 Å². The summed E-state index contributed by atoms with van der Waals surface area (Å²) in [7, 11) is 1.38. The number of carbonyl (C=O) groups excluding carboxylic acids is 4. The van der Waals surface area contributed by atoms with Crippen LogP contribution in [0.3, 0.4) is 0 Å². The number of nitrogens with zero attached hydrogens (tertiary/aromatic N) is 1. The number of hydrogen-bond donors (Lipinski definition) is 1. The lowest BCUT2D eigenvalue weighted by Gasteiger charge is -2.14. The predicted octanol–water partition coefficient (Wildman–Crippen LogP) is 1.82. The molecule has 0 spiro atoms. The van der Waals surface area contributed by atoms with Gasteiger partial charge in [-0.1, -0.05) is 30.3 Å². The molecule has 0 saturated carbocycles. The van der Waals surface area contributed by atoms with Crippen molar-refractivity contribution in [3.63, 3.8) is 0 Å².